The second kappa shape index (κ2) is 6.78. The first-order valence-corrected chi connectivity index (χ1v) is 7.10. The molecule has 3 rings (SSSR count). The van der Waals surface area contributed by atoms with Crippen molar-refractivity contribution >= 4 is 11.9 Å². The van der Waals surface area contributed by atoms with Crippen LogP contribution in [-0.2, 0) is 6.42 Å². The fourth-order valence-electron chi connectivity index (χ4n) is 1.99. The van der Waals surface area contributed by atoms with Crippen molar-refractivity contribution < 1.29 is 4.39 Å². The number of hydrogen-bond donors (Lipinski definition) is 1. The molecule has 7 heteroatoms. The Hall–Kier alpha value is -3.09. The summed E-state index contributed by atoms with van der Waals surface area (Å²) in [6, 6.07) is 13.9. The summed E-state index contributed by atoms with van der Waals surface area (Å²) < 4.78 is 14.5. The molecule has 0 aliphatic heterocycles. The van der Waals surface area contributed by atoms with Gasteiger partial charge in [0, 0.05) is 12.6 Å². The predicted octanol–water partition coefficient (Wildman–Crippen LogP) is 2.75. The van der Waals surface area contributed by atoms with Gasteiger partial charge in [0.2, 0.25) is 0 Å². The minimum Gasteiger partial charge on any atom is -0.279 e. The quantitative estimate of drug-likeness (QED) is 0.581. The van der Waals surface area contributed by atoms with Crippen LogP contribution in [0, 0.1) is 12.7 Å². The number of aromatic nitrogens is 4. The number of hydrogen-bond acceptors (Lipinski definition) is 5. The van der Waals surface area contributed by atoms with E-state index in [0.29, 0.717) is 17.9 Å². The minimum atomic E-state index is -0.281. The zero-order chi connectivity index (χ0) is 16.1. The molecule has 0 amide bonds. The van der Waals surface area contributed by atoms with Gasteiger partial charge in [-0.1, -0.05) is 17.7 Å². The van der Waals surface area contributed by atoms with Crippen LogP contribution in [0.4, 0.5) is 10.1 Å². The first-order chi connectivity index (χ1) is 11.2. The molecule has 0 spiro atoms. The average Bonchev–Trinajstić information content (AvgIpc) is 3.02. The largest absolute Gasteiger partial charge is 0.279 e. The van der Waals surface area contributed by atoms with Gasteiger partial charge in [0.1, 0.15) is 5.82 Å². The number of aryl methyl sites for hydroxylation is 1. The molecular weight excluding hydrogens is 295 g/mol. The van der Waals surface area contributed by atoms with Crippen LogP contribution in [-0.4, -0.2) is 26.4 Å². The van der Waals surface area contributed by atoms with Crippen LogP contribution in [0.3, 0.4) is 0 Å². The van der Waals surface area contributed by atoms with Crippen LogP contribution >= 0.6 is 0 Å². The van der Waals surface area contributed by atoms with Crippen molar-refractivity contribution in [2.45, 2.75) is 13.3 Å². The van der Waals surface area contributed by atoms with Gasteiger partial charge < -0.3 is 0 Å². The summed E-state index contributed by atoms with van der Waals surface area (Å²) in [6.45, 7) is 2.03. The van der Waals surface area contributed by atoms with E-state index in [1.165, 1.54) is 17.7 Å². The van der Waals surface area contributed by atoms with Crippen molar-refractivity contribution in [1.82, 2.24) is 20.2 Å². The molecule has 0 bridgehead atoms. The summed E-state index contributed by atoms with van der Waals surface area (Å²) in [5, 5.41) is 15.8. The van der Waals surface area contributed by atoms with Crippen molar-refractivity contribution in [3.63, 3.8) is 0 Å². The SMILES string of the molecule is Cc1ccc(-n2nnnc2CC=NNc2ccc(F)cc2)cc1. The van der Waals surface area contributed by atoms with E-state index in [0.717, 1.165) is 5.69 Å². The third-order valence-electron chi connectivity index (χ3n) is 3.22. The van der Waals surface area contributed by atoms with Crippen molar-refractivity contribution in [2.24, 2.45) is 5.10 Å². The number of nitrogens with zero attached hydrogens (tertiary/aromatic N) is 5. The summed E-state index contributed by atoms with van der Waals surface area (Å²) >= 11 is 0. The normalized spacial score (nSPS) is 11.0. The topological polar surface area (TPSA) is 68.0 Å². The van der Waals surface area contributed by atoms with Gasteiger partial charge in [-0.15, -0.1) is 5.10 Å². The first-order valence-electron chi connectivity index (χ1n) is 7.10. The highest BCUT2D eigenvalue weighted by molar-refractivity contribution is 5.62. The molecule has 0 fully saturated rings. The molecule has 116 valence electrons. The predicted molar refractivity (Wildman–Crippen MR) is 86.1 cm³/mol. The third kappa shape index (κ3) is 3.76. The lowest BCUT2D eigenvalue weighted by molar-refractivity contribution is 0.628. The number of tetrazole rings is 1. The van der Waals surface area contributed by atoms with E-state index in [1.54, 1.807) is 23.0 Å². The van der Waals surface area contributed by atoms with Gasteiger partial charge in [-0.2, -0.15) is 9.78 Å². The van der Waals surface area contributed by atoms with E-state index >= 15 is 0 Å². The highest BCUT2D eigenvalue weighted by atomic mass is 19.1. The van der Waals surface area contributed by atoms with Gasteiger partial charge in [-0.05, 0) is 53.7 Å². The Morgan fingerprint density at radius 2 is 1.87 bits per heavy atom. The van der Waals surface area contributed by atoms with Gasteiger partial charge in [0.25, 0.3) is 0 Å². The molecular formula is C16H15FN6. The number of hydrazone groups is 1. The van der Waals surface area contributed by atoms with Crippen LogP contribution < -0.4 is 5.43 Å². The first kappa shape index (κ1) is 14.8. The van der Waals surface area contributed by atoms with Crippen LogP contribution in [0.2, 0.25) is 0 Å². The third-order valence-corrected chi connectivity index (χ3v) is 3.22. The maximum atomic E-state index is 12.8. The van der Waals surface area contributed by atoms with Gasteiger partial charge >= 0.3 is 0 Å². The van der Waals surface area contributed by atoms with E-state index < -0.39 is 0 Å². The summed E-state index contributed by atoms with van der Waals surface area (Å²) in [5.74, 6) is 0.398. The van der Waals surface area contributed by atoms with E-state index in [-0.39, 0.29) is 5.82 Å². The fourth-order valence-corrected chi connectivity index (χ4v) is 1.99. The highest BCUT2D eigenvalue weighted by Crippen LogP contribution is 2.10. The van der Waals surface area contributed by atoms with Crippen molar-refractivity contribution in [3.05, 3.63) is 65.7 Å². The Balaban J connectivity index is 1.65. The molecule has 0 radical (unpaired) electrons. The van der Waals surface area contributed by atoms with Gasteiger partial charge in [-0.3, -0.25) is 5.43 Å². The van der Waals surface area contributed by atoms with Gasteiger partial charge in [0.15, 0.2) is 5.82 Å². The Kier molecular flexibility index (Phi) is 4.37. The maximum Gasteiger partial charge on any atom is 0.162 e. The smallest absolute Gasteiger partial charge is 0.162 e. The molecule has 1 aromatic heterocycles. The van der Waals surface area contributed by atoms with Crippen LogP contribution in [0.15, 0.2) is 53.6 Å². The molecule has 0 saturated carbocycles. The lowest BCUT2D eigenvalue weighted by Crippen LogP contribution is -2.04. The van der Waals surface area contributed by atoms with E-state index in [1.807, 2.05) is 31.2 Å². The van der Waals surface area contributed by atoms with Gasteiger partial charge in [-0.25, -0.2) is 4.39 Å². The summed E-state index contributed by atoms with van der Waals surface area (Å²) in [4.78, 5) is 0. The number of halogens is 1. The Morgan fingerprint density at radius 1 is 1.13 bits per heavy atom. The summed E-state index contributed by atoms with van der Waals surface area (Å²) in [7, 11) is 0. The highest BCUT2D eigenvalue weighted by Gasteiger charge is 2.06. The van der Waals surface area contributed by atoms with Crippen LogP contribution in [0.1, 0.15) is 11.4 Å². The lowest BCUT2D eigenvalue weighted by Gasteiger charge is -2.03. The van der Waals surface area contributed by atoms with E-state index in [9.17, 15) is 4.39 Å². The number of nitrogens with one attached hydrogen (secondary N) is 1. The standard InChI is InChI=1S/C16H15FN6/c1-12-2-8-15(9-3-12)23-16(20-21-22-23)10-11-18-19-14-6-4-13(17)5-7-14/h2-9,11,19H,10H2,1H3. The average molecular weight is 310 g/mol. The van der Waals surface area contributed by atoms with Crippen LogP contribution in [0.5, 0.6) is 0 Å². The Labute approximate surface area is 132 Å². The fraction of sp³-hybridized carbons (Fsp3) is 0.125. The van der Waals surface area contributed by atoms with Crippen LogP contribution in [0.25, 0.3) is 5.69 Å². The zero-order valence-electron chi connectivity index (χ0n) is 12.5. The van der Waals surface area contributed by atoms with Crippen molar-refractivity contribution in [3.8, 4) is 5.69 Å². The maximum absolute atomic E-state index is 12.8. The van der Waals surface area contributed by atoms with Crippen molar-refractivity contribution in [2.75, 3.05) is 5.43 Å². The molecule has 6 nitrogen and oxygen atoms in total. The number of rotatable bonds is 5. The monoisotopic (exact) mass is 310 g/mol. The Morgan fingerprint density at radius 3 is 2.61 bits per heavy atom. The molecule has 3 aromatic rings. The van der Waals surface area contributed by atoms with Gasteiger partial charge in [0.05, 0.1) is 11.4 Å². The summed E-state index contributed by atoms with van der Waals surface area (Å²) in [5.41, 5.74) is 5.61. The molecule has 23 heavy (non-hydrogen) atoms. The molecule has 0 saturated heterocycles. The van der Waals surface area contributed by atoms with Crippen molar-refractivity contribution in [1.29, 1.82) is 0 Å². The lowest BCUT2D eigenvalue weighted by atomic mass is 10.2. The molecule has 0 atom stereocenters. The number of anilines is 1. The molecule has 1 N–H and O–H groups in total. The number of benzene rings is 2. The molecule has 0 aliphatic rings. The second-order valence-corrected chi connectivity index (χ2v) is 4.98. The minimum absolute atomic E-state index is 0.281. The summed E-state index contributed by atoms with van der Waals surface area (Å²) in [6.07, 6.45) is 2.13. The Bertz CT molecular complexity index is 792. The molecule has 1 heterocycles. The zero-order valence-corrected chi connectivity index (χ0v) is 12.5. The molecule has 0 aliphatic carbocycles. The molecule has 2 aromatic carbocycles. The van der Waals surface area contributed by atoms with E-state index in [2.05, 4.69) is 26.1 Å². The van der Waals surface area contributed by atoms with E-state index in [4.69, 9.17) is 0 Å². The second-order valence-electron chi connectivity index (χ2n) is 4.98. The molecule has 0 unspecified atom stereocenters.